The van der Waals surface area contributed by atoms with Crippen LogP contribution in [0.5, 0.6) is 0 Å². The molecule has 1 aliphatic rings. The number of carbonyl (C=O) groups is 1. The molecular weight excluding hydrogens is 319 g/mol. The Bertz CT molecular complexity index is 526. The van der Waals surface area contributed by atoms with Gasteiger partial charge in [-0.15, -0.1) is 0 Å². The van der Waals surface area contributed by atoms with Crippen LogP contribution in [-0.4, -0.2) is 21.7 Å². The number of nitro groups is 1. The standard InChI is InChI=1S/C12H12BrFN2O3/c13-7-12(4-1-5-12)15-11(17)9-6-8(14)2-3-10(9)16(18)19/h2-3,6H,1,4-5,7H2,(H,15,17). The Kier molecular flexibility index (Phi) is 3.84. The van der Waals surface area contributed by atoms with Gasteiger partial charge in [0.05, 0.1) is 10.5 Å². The van der Waals surface area contributed by atoms with E-state index in [-0.39, 0.29) is 16.8 Å². The summed E-state index contributed by atoms with van der Waals surface area (Å²) in [4.78, 5) is 22.3. The second-order valence-electron chi connectivity index (χ2n) is 4.64. The quantitative estimate of drug-likeness (QED) is 0.524. The van der Waals surface area contributed by atoms with Gasteiger partial charge in [0, 0.05) is 11.4 Å². The van der Waals surface area contributed by atoms with Gasteiger partial charge in [-0.05, 0) is 31.4 Å². The molecule has 1 N–H and O–H groups in total. The summed E-state index contributed by atoms with van der Waals surface area (Å²) in [6, 6.07) is 2.87. The van der Waals surface area contributed by atoms with Gasteiger partial charge in [0.15, 0.2) is 0 Å². The lowest BCUT2D eigenvalue weighted by Crippen LogP contribution is -2.54. The van der Waals surface area contributed by atoms with Crippen molar-refractivity contribution in [3.05, 3.63) is 39.7 Å². The highest BCUT2D eigenvalue weighted by Gasteiger charge is 2.38. The number of nitrogens with one attached hydrogen (secondary N) is 1. The minimum absolute atomic E-state index is 0.239. The molecule has 0 radical (unpaired) electrons. The summed E-state index contributed by atoms with van der Waals surface area (Å²) in [5, 5.41) is 14.2. The van der Waals surface area contributed by atoms with Crippen molar-refractivity contribution < 1.29 is 14.1 Å². The molecule has 0 saturated heterocycles. The van der Waals surface area contributed by atoms with E-state index in [9.17, 15) is 19.3 Å². The third-order valence-electron chi connectivity index (χ3n) is 3.35. The van der Waals surface area contributed by atoms with Crippen molar-refractivity contribution in [2.45, 2.75) is 24.8 Å². The van der Waals surface area contributed by atoms with E-state index >= 15 is 0 Å². The van der Waals surface area contributed by atoms with Gasteiger partial charge in [-0.25, -0.2) is 4.39 Å². The van der Waals surface area contributed by atoms with Gasteiger partial charge in [-0.2, -0.15) is 0 Å². The van der Waals surface area contributed by atoms with Crippen molar-refractivity contribution >= 4 is 27.5 Å². The van der Waals surface area contributed by atoms with Crippen LogP contribution in [0, 0.1) is 15.9 Å². The molecule has 1 aromatic rings. The van der Waals surface area contributed by atoms with E-state index in [4.69, 9.17) is 0 Å². The molecule has 0 atom stereocenters. The Morgan fingerprint density at radius 1 is 1.53 bits per heavy atom. The third-order valence-corrected chi connectivity index (χ3v) is 4.42. The molecular formula is C12H12BrFN2O3. The van der Waals surface area contributed by atoms with Gasteiger partial charge in [-0.3, -0.25) is 14.9 Å². The maximum Gasteiger partial charge on any atom is 0.282 e. The van der Waals surface area contributed by atoms with Crippen molar-refractivity contribution in [2.24, 2.45) is 0 Å². The highest BCUT2D eigenvalue weighted by Crippen LogP contribution is 2.34. The van der Waals surface area contributed by atoms with E-state index in [2.05, 4.69) is 21.2 Å². The molecule has 1 aromatic carbocycles. The van der Waals surface area contributed by atoms with Crippen molar-refractivity contribution in [1.82, 2.24) is 5.32 Å². The Morgan fingerprint density at radius 3 is 2.68 bits per heavy atom. The molecule has 1 fully saturated rings. The number of hydrogen-bond acceptors (Lipinski definition) is 3. The van der Waals surface area contributed by atoms with Crippen LogP contribution in [0.2, 0.25) is 0 Å². The minimum atomic E-state index is -0.685. The number of amides is 1. The van der Waals surface area contributed by atoms with Gasteiger partial charge >= 0.3 is 0 Å². The fourth-order valence-electron chi connectivity index (χ4n) is 2.05. The van der Waals surface area contributed by atoms with E-state index in [0.717, 1.165) is 37.5 Å². The van der Waals surface area contributed by atoms with E-state index in [0.29, 0.717) is 5.33 Å². The SMILES string of the molecule is O=C(NC1(CBr)CCC1)c1cc(F)ccc1[N+](=O)[O-]. The first kappa shape index (κ1) is 13.9. The molecule has 1 amide bonds. The zero-order chi connectivity index (χ0) is 14.0. The van der Waals surface area contributed by atoms with E-state index < -0.39 is 16.6 Å². The molecule has 0 spiro atoms. The topological polar surface area (TPSA) is 72.2 Å². The maximum atomic E-state index is 13.2. The first-order valence-electron chi connectivity index (χ1n) is 5.80. The van der Waals surface area contributed by atoms with Gasteiger partial charge in [0.2, 0.25) is 0 Å². The minimum Gasteiger partial charge on any atom is -0.346 e. The Hall–Kier alpha value is -1.50. The molecule has 102 valence electrons. The average Bonchev–Trinajstić information content (AvgIpc) is 2.33. The first-order chi connectivity index (χ1) is 8.97. The van der Waals surface area contributed by atoms with Gasteiger partial charge in [0.25, 0.3) is 11.6 Å². The summed E-state index contributed by atoms with van der Waals surface area (Å²) in [6.45, 7) is 0. The smallest absolute Gasteiger partial charge is 0.282 e. The Morgan fingerprint density at radius 2 is 2.21 bits per heavy atom. The van der Waals surface area contributed by atoms with Crippen molar-refractivity contribution in [2.75, 3.05) is 5.33 Å². The second kappa shape index (κ2) is 5.24. The summed E-state index contributed by atoms with van der Waals surface area (Å²) < 4.78 is 13.2. The second-order valence-corrected chi connectivity index (χ2v) is 5.20. The molecule has 7 heteroatoms. The zero-order valence-electron chi connectivity index (χ0n) is 9.99. The van der Waals surface area contributed by atoms with Crippen LogP contribution in [0.1, 0.15) is 29.6 Å². The summed E-state index contributed by atoms with van der Waals surface area (Å²) in [6.07, 6.45) is 2.62. The van der Waals surface area contributed by atoms with Gasteiger partial charge < -0.3 is 5.32 Å². The van der Waals surface area contributed by atoms with Crippen LogP contribution >= 0.6 is 15.9 Å². The third kappa shape index (κ3) is 2.75. The number of halogens is 2. The lowest BCUT2D eigenvalue weighted by Gasteiger charge is -2.41. The number of nitro benzene ring substituents is 1. The van der Waals surface area contributed by atoms with Crippen LogP contribution in [-0.2, 0) is 0 Å². The van der Waals surface area contributed by atoms with Gasteiger partial charge in [-0.1, -0.05) is 15.9 Å². The molecule has 0 aliphatic heterocycles. The summed E-state index contributed by atoms with van der Waals surface area (Å²) in [5.41, 5.74) is -0.989. The van der Waals surface area contributed by atoms with E-state index in [1.165, 1.54) is 0 Å². The van der Waals surface area contributed by atoms with Crippen molar-refractivity contribution in [1.29, 1.82) is 0 Å². The molecule has 0 aromatic heterocycles. The lowest BCUT2D eigenvalue weighted by molar-refractivity contribution is -0.385. The number of hydrogen-bond donors (Lipinski definition) is 1. The van der Waals surface area contributed by atoms with Crippen LogP contribution in [0.25, 0.3) is 0 Å². The average molecular weight is 331 g/mol. The molecule has 0 bridgehead atoms. The number of rotatable bonds is 4. The monoisotopic (exact) mass is 330 g/mol. The Labute approximate surface area is 117 Å². The fourth-order valence-corrected chi connectivity index (χ4v) is 2.75. The highest BCUT2D eigenvalue weighted by molar-refractivity contribution is 9.09. The predicted octanol–water partition coefficient (Wildman–Crippen LogP) is 2.78. The molecule has 19 heavy (non-hydrogen) atoms. The normalized spacial score (nSPS) is 16.5. The predicted molar refractivity (Wildman–Crippen MR) is 70.9 cm³/mol. The summed E-state index contributed by atoms with van der Waals surface area (Å²) >= 11 is 3.32. The van der Waals surface area contributed by atoms with E-state index in [1.54, 1.807) is 0 Å². The van der Waals surface area contributed by atoms with Crippen LogP contribution in [0.15, 0.2) is 18.2 Å². The molecule has 1 saturated carbocycles. The number of alkyl halides is 1. The summed E-state index contributed by atoms with van der Waals surface area (Å²) in [7, 11) is 0. The number of benzene rings is 1. The number of carbonyl (C=O) groups excluding carboxylic acids is 1. The first-order valence-corrected chi connectivity index (χ1v) is 6.92. The van der Waals surface area contributed by atoms with Crippen LogP contribution in [0.4, 0.5) is 10.1 Å². The van der Waals surface area contributed by atoms with Gasteiger partial charge in [0.1, 0.15) is 11.4 Å². The Balaban J connectivity index is 2.28. The van der Waals surface area contributed by atoms with Crippen molar-refractivity contribution in [3.63, 3.8) is 0 Å². The zero-order valence-corrected chi connectivity index (χ0v) is 11.6. The van der Waals surface area contributed by atoms with E-state index in [1.807, 2.05) is 0 Å². The number of nitrogens with zero attached hydrogens (tertiary/aromatic N) is 1. The maximum absolute atomic E-state index is 13.2. The summed E-state index contributed by atoms with van der Waals surface area (Å²) in [5.74, 6) is -1.28. The molecule has 1 aliphatic carbocycles. The molecule has 5 nitrogen and oxygen atoms in total. The highest BCUT2D eigenvalue weighted by atomic mass is 79.9. The largest absolute Gasteiger partial charge is 0.346 e. The lowest BCUT2D eigenvalue weighted by atomic mass is 9.78. The van der Waals surface area contributed by atoms with Crippen LogP contribution < -0.4 is 5.32 Å². The van der Waals surface area contributed by atoms with Crippen LogP contribution in [0.3, 0.4) is 0 Å². The fraction of sp³-hybridized carbons (Fsp3) is 0.417. The molecule has 2 rings (SSSR count). The van der Waals surface area contributed by atoms with Crippen molar-refractivity contribution in [3.8, 4) is 0 Å². The molecule has 0 heterocycles. The molecule has 0 unspecified atom stereocenters.